The van der Waals surface area contributed by atoms with Crippen LogP contribution in [0.25, 0.3) is 22.8 Å². The zero-order valence-electron chi connectivity index (χ0n) is 30.8. The second-order valence-corrected chi connectivity index (χ2v) is 12.4. The van der Waals surface area contributed by atoms with Crippen molar-refractivity contribution in [1.82, 2.24) is 0 Å². The lowest BCUT2D eigenvalue weighted by Crippen LogP contribution is -1.95. The lowest BCUT2D eigenvalue weighted by atomic mass is 9.99. The van der Waals surface area contributed by atoms with E-state index in [1.807, 2.05) is 48.7 Å². The van der Waals surface area contributed by atoms with Gasteiger partial charge in [0.15, 0.2) is 0 Å². The molecule has 0 fully saturated rings. The first kappa shape index (κ1) is 38.0. The number of rotatable bonds is 12. The fourth-order valence-electron chi connectivity index (χ4n) is 5.31. The Morgan fingerprint density at radius 2 is 1.43 bits per heavy atom. The first-order chi connectivity index (χ1) is 25.0. The van der Waals surface area contributed by atoms with Crippen molar-refractivity contribution in [3.63, 3.8) is 0 Å². The zero-order valence-corrected chi connectivity index (χ0v) is 30.8. The molecular weight excluding hydrogens is 617 g/mol. The number of para-hydroxylation sites is 1. The number of allylic oxidation sites excluding steroid dienone is 16. The Balaban J connectivity index is 0.000000233. The van der Waals surface area contributed by atoms with E-state index in [4.69, 9.17) is 0 Å². The molecule has 2 nitrogen and oxygen atoms in total. The normalized spacial score (nSPS) is 13.9. The van der Waals surface area contributed by atoms with E-state index in [1.165, 1.54) is 44.5 Å². The van der Waals surface area contributed by atoms with Crippen molar-refractivity contribution < 1.29 is 0 Å². The Bertz CT molecular complexity index is 1940. The molecule has 5 rings (SSSR count). The molecule has 1 aliphatic carbocycles. The second kappa shape index (κ2) is 21.3. The number of anilines is 2. The van der Waals surface area contributed by atoms with Gasteiger partial charge in [-0.05, 0) is 116 Å². The molecule has 0 aliphatic heterocycles. The average molecular weight is 669 g/mol. The summed E-state index contributed by atoms with van der Waals surface area (Å²) in [7, 11) is 0. The van der Waals surface area contributed by atoms with E-state index in [-0.39, 0.29) is 0 Å². The predicted molar refractivity (Wildman–Crippen MR) is 226 cm³/mol. The third-order valence-electron chi connectivity index (χ3n) is 8.41. The highest BCUT2D eigenvalue weighted by Crippen LogP contribution is 2.25. The lowest BCUT2D eigenvalue weighted by Gasteiger charge is -2.10. The maximum Gasteiger partial charge on any atom is 0.0382 e. The SMILES string of the molecule is C(=C/c1ccccc1-c1ccccc1)/C=C/Nc1ccccc1.C/C=C(\C=C(/C)C1=CC=CCC=C1)c1ccc(N/C(C)=C/C=C(\C)CC)cc1. The number of nitrogens with one attached hydrogen (secondary N) is 2. The minimum Gasteiger partial charge on any atom is -0.362 e. The van der Waals surface area contributed by atoms with Crippen molar-refractivity contribution in [2.45, 2.75) is 47.5 Å². The molecule has 0 heterocycles. The van der Waals surface area contributed by atoms with Gasteiger partial charge in [0.1, 0.15) is 0 Å². The Hall–Kier alpha value is -5.86. The molecule has 0 unspecified atom stereocenters. The van der Waals surface area contributed by atoms with Crippen LogP contribution in [0, 0.1) is 0 Å². The highest BCUT2D eigenvalue weighted by atomic mass is 14.9. The number of hydrogen-bond acceptors (Lipinski definition) is 2. The zero-order chi connectivity index (χ0) is 36.1. The van der Waals surface area contributed by atoms with E-state index in [0.717, 1.165) is 29.9 Å². The molecule has 1 aliphatic rings. The average Bonchev–Trinajstić information content (AvgIpc) is 3.47. The van der Waals surface area contributed by atoms with Crippen LogP contribution in [0.1, 0.15) is 58.6 Å². The van der Waals surface area contributed by atoms with Gasteiger partial charge in [0, 0.05) is 23.3 Å². The molecule has 0 radical (unpaired) electrons. The summed E-state index contributed by atoms with van der Waals surface area (Å²) in [4.78, 5) is 0. The largest absolute Gasteiger partial charge is 0.362 e. The van der Waals surface area contributed by atoms with E-state index in [1.54, 1.807) is 0 Å². The first-order valence-electron chi connectivity index (χ1n) is 17.9. The summed E-state index contributed by atoms with van der Waals surface area (Å²) >= 11 is 0. The number of hydrogen-bond donors (Lipinski definition) is 2. The predicted octanol–water partition coefficient (Wildman–Crippen LogP) is 14.1. The van der Waals surface area contributed by atoms with Crippen LogP contribution in [0.15, 0.2) is 205 Å². The topological polar surface area (TPSA) is 24.1 Å². The van der Waals surface area contributed by atoms with Gasteiger partial charge in [-0.1, -0.05) is 158 Å². The molecular formula is C49H52N2. The van der Waals surface area contributed by atoms with Crippen LogP contribution in [0.3, 0.4) is 0 Å². The molecule has 0 aromatic heterocycles. The quantitative estimate of drug-likeness (QED) is 0.147. The summed E-state index contributed by atoms with van der Waals surface area (Å²) in [6.45, 7) is 10.7. The number of benzene rings is 4. The van der Waals surface area contributed by atoms with Crippen LogP contribution in [0.5, 0.6) is 0 Å². The summed E-state index contributed by atoms with van der Waals surface area (Å²) < 4.78 is 0. The van der Waals surface area contributed by atoms with Crippen LogP contribution < -0.4 is 10.6 Å². The molecule has 0 atom stereocenters. The van der Waals surface area contributed by atoms with Crippen molar-refractivity contribution in [1.29, 1.82) is 0 Å². The van der Waals surface area contributed by atoms with E-state index < -0.39 is 0 Å². The van der Waals surface area contributed by atoms with Gasteiger partial charge in [-0.2, -0.15) is 0 Å². The Morgan fingerprint density at radius 1 is 0.725 bits per heavy atom. The Morgan fingerprint density at radius 3 is 2.16 bits per heavy atom. The van der Waals surface area contributed by atoms with Crippen LogP contribution in [0.4, 0.5) is 11.4 Å². The van der Waals surface area contributed by atoms with Crippen LogP contribution in [-0.4, -0.2) is 0 Å². The van der Waals surface area contributed by atoms with Gasteiger partial charge in [0.05, 0.1) is 0 Å². The minimum absolute atomic E-state index is 1.000. The standard InChI is InChI=1S/C27H33N.C22H19N/c1-6-21(3)14-15-23(5)28-27-18-16-26(17-19-27)24(7-2)20-22(4)25-12-10-8-9-11-13-25;1-3-11-19(12-4-1)22-17-8-7-13-20(22)14-9-10-18-23-21-15-5-2-6-16-21/h7-8,10-20,28H,6,9H2,1-5H3;1-18,23H/b21-14+,22-20+,23-15+,24-7+;14-9-,18-10+. The maximum absolute atomic E-state index is 3.46. The highest BCUT2D eigenvalue weighted by Gasteiger charge is 2.03. The van der Waals surface area contributed by atoms with Crippen LogP contribution >= 0.6 is 0 Å². The molecule has 4 aromatic carbocycles. The fourth-order valence-corrected chi connectivity index (χ4v) is 5.31. The van der Waals surface area contributed by atoms with Crippen molar-refractivity contribution in [3.8, 4) is 11.1 Å². The van der Waals surface area contributed by atoms with Gasteiger partial charge in [-0.15, -0.1) is 0 Å². The maximum atomic E-state index is 3.46. The first-order valence-corrected chi connectivity index (χ1v) is 17.9. The Labute approximate surface area is 307 Å². The summed E-state index contributed by atoms with van der Waals surface area (Å²) in [5.74, 6) is 0. The van der Waals surface area contributed by atoms with E-state index in [0.29, 0.717) is 0 Å². The van der Waals surface area contributed by atoms with E-state index in [2.05, 4.69) is 185 Å². The highest BCUT2D eigenvalue weighted by molar-refractivity contribution is 5.77. The molecule has 2 N–H and O–H groups in total. The van der Waals surface area contributed by atoms with Crippen molar-refractivity contribution in [2.75, 3.05) is 10.6 Å². The molecule has 0 amide bonds. The monoisotopic (exact) mass is 668 g/mol. The van der Waals surface area contributed by atoms with Crippen molar-refractivity contribution in [3.05, 3.63) is 216 Å². The Kier molecular flexibility index (Phi) is 15.8. The molecule has 0 saturated heterocycles. The van der Waals surface area contributed by atoms with Crippen LogP contribution in [-0.2, 0) is 0 Å². The van der Waals surface area contributed by atoms with Gasteiger partial charge in [0.2, 0.25) is 0 Å². The molecule has 0 spiro atoms. The second-order valence-electron chi connectivity index (χ2n) is 12.4. The third-order valence-corrected chi connectivity index (χ3v) is 8.41. The molecule has 258 valence electrons. The molecule has 51 heavy (non-hydrogen) atoms. The molecule has 0 bridgehead atoms. The van der Waals surface area contributed by atoms with E-state index in [9.17, 15) is 0 Å². The summed E-state index contributed by atoms with van der Waals surface area (Å²) in [6.07, 6.45) is 29.9. The summed E-state index contributed by atoms with van der Waals surface area (Å²) in [6, 6.07) is 37.7. The van der Waals surface area contributed by atoms with Gasteiger partial charge in [0.25, 0.3) is 0 Å². The van der Waals surface area contributed by atoms with Crippen LogP contribution in [0.2, 0.25) is 0 Å². The summed E-state index contributed by atoms with van der Waals surface area (Å²) in [5.41, 5.74) is 13.4. The van der Waals surface area contributed by atoms with Gasteiger partial charge in [-0.25, -0.2) is 0 Å². The fraction of sp³-hybridized carbons (Fsp3) is 0.143. The molecule has 4 aromatic rings. The third kappa shape index (κ3) is 13.2. The van der Waals surface area contributed by atoms with Crippen molar-refractivity contribution in [2.24, 2.45) is 0 Å². The smallest absolute Gasteiger partial charge is 0.0382 e. The van der Waals surface area contributed by atoms with Gasteiger partial charge < -0.3 is 10.6 Å². The van der Waals surface area contributed by atoms with Gasteiger partial charge in [-0.3, -0.25) is 0 Å². The van der Waals surface area contributed by atoms with E-state index >= 15 is 0 Å². The lowest BCUT2D eigenvalue weighted by molar-refractivity contribution is 1.10. The summed E-state index contributed by atoms with van der Waals surface area (Å²) in [5, 5.41) is 6.71. The van der Waals surface area contributed by atoms with Crippen molar-refractivity contribution >= 4 is 23.0 Å². The molecule has 2 heteroatoms. The van der Waals surface area contributed by atoms with Gasteiger partial charge >= 0.3 is 0 Å². The molecule has 0 saturated carbocycles. The minimum atomic E-state index is 1.000.